The van der Waals surface area contributed by atoms with E-state index in [2.05, 4.69) is 26.1 Å². The largest absolute Gasteiger partial charge is 0.438 e. The highest BCUT2D eigenvalue weighted by Crippen LogP contribution is 2.32. The van der Waals surface area contributed by atoms with Crippen molar-refractivity contribution in [2.75, 3.05) is 0 Å². The Bertz CT molecular complexity index is 715. The van der Waals surface area contributed by atoms with Gasteiger partial charge in [0, 0.05) is 0 Å². The number of oxime groups is 1. The van der Waals surface area contributed by atoms with Crippen LogP contribution in [0.1, 0.15) is 23.7 Å². The monoisotopic (exact) mass is 386 g/mol. The predicted octanol–water partition coefficient (Wildman–Crippen LogP) is 4.72. The molecular formula is C15H10BrF3N2O2. The molecule has 2 heterocycles. The maximum atomic E-state index is 12.5. The summed E-state index contributed by atoms with van der Waals surface area (Å²) in [7, 11) is 0. The molecule has 0 unspecified atom stereocenters. The summed E-state index contributed by atoms with van der Waals surface area (Å²) in [6.07, 6.45) is -2.95. The van der Waals surface area contributed by atoms with Crippen LogP contribution in [-0.2, 0) is 11.0 Å². The van der Waals surface area contributed by atoms with Gasteiger partial charge in [-0.1, -0.05) is 17.3 Å². The summed E-state index contributed by atoms with van der Waals surface area (Å²) in [6, 6.07) is 8.25. The molecule has 0 N–H and O–H groups in total. The molecule has 8 heteroatoms. The van der Waals surface area contributed by atoms with Gasteiger partial charge in [-0.25, -0.2) is 4.98 Å². The van der Waals surface area contributed by atoms with Crippen molar-refractivity contribution in [1.82, 2.24) is 4.98 Å². The fourth-order valence-electron chi connectivity index (χ4n) is 2.04. The van der Waals surface area contributed by atoms with E-state index in [0.717, 1.165) is 12.1 Å². The van der Waals surface area contributed by atoms with Crippen molar-refractivity contribution in [2.24, 2.45) is 5.16 Å². The van der Waals surface area contributed by atoms with Crippen molar-refractivity contribution in [3.8, 4) is 5.75 Å². The second-order valence-electron chi connectivity index (χ2n) is 4.82. The number of benzene rings is 1. The first-order valence-corrected chi connectivity index (χ1v) is 7.40. The lowest BCUT2D eigenvalue weighted by molar-refractivity contribution is -0.137. The molecule has 0 bridgehead atoms. The zero-order chi connectivity index (χ0) is 16.4. The van der Waals surface area contributed by atoms with Crippen molar-refractivity contribution < 1.29 is 22.7 Å². The Hall–Kier alpha value is -2.09. The van der Waals surface area contributed by atoms with Crippen LogP contribution in [0.5, 0.6) is 5.75 Å². The van der Waals surface area contributed by atoms with E-state index >= 15 is 0 Å². The molecule has 1 aromatic carbocycles. The molecule has 1 aliphatic heterocycles. The summed E-state index contributed by atoms with van der Waals surface area (Å²) in [4.78, 5) is 9.25. The van der Waals surface area contributed by atoms with Gasteiger partial charge in [0.2, 0.25) is 5.90 Å². The van der Waals surface area contributed by atoms with Crippen LogP contribution in [0.3, 0.4) is 0 Å². The third-order valence-corrected chi connectivity index (χ3v) is 3.66. The quantitative estimate of drug-likeness (QED) is 0.701. The van der Waals surface area contributed by atoms with E-state index < -0.39 is 17.8 Å². The Morgan fingerprint density at radius 1 is 1.13 bits per heavy atom. The highest BCUT2D eigenvalue weighted by atomic mass is 79.9. The molecule has 120 valence electrons. The Kier molecular flexibility index (Phi) is 4.25. The zero-order valence-electron chi connectivity index (χ0n) is 11.5. The summed E-state index contributed by atoms with van der Waals surface area (Å²) in [5, 5.41) is 3.82. The second kappa shape index (κ2) is 6.19. The molecule has 1 atom stereocenters. The van der Waals surface area contributed by atoms with Crippen molar-refractivity contribution in [2.45, 2.75) is 18.7 Å². The molecule has 0 saturated heterocycles. The topological polar surface area (TPSA) is 43.7 Å². The van der Waals surface area contributed by atoms with Gasteiger partial charge in [0.15, 0.2) is 6.10 Å². The number of pyridine rings is 1. The minimum absolute atomic E-state index is 0.335. The lowest BCUT2D eigenvalue weighted by Crippen LogP contribution is -2.08. The van der Waals surface area contributed by atoms with E-state index in [1.807, 2.05) is 0 Å². The number of rotatable bonds is 2. The molecular weight excluding hydrogens is 377 g/mol. The molecule has 4 nitrogen and oxygen atoms in total. The van der Waals surface area contributed by atoms with E-state index in [1.165, 1.54) is 18.3 Å². The Labute approximate surface area is 138 Å². The van der Waals surface area contributed by atoms with Crippen molar-refractivity contribution in [1.29, 1.82) is 0 Å². The van der Waals surface area contributed by atoms with Crippen LogP contribution in [0.25, 0.3) is 0 Å². The van der Waals surface area contributed by atoms with E-state index in [9.17, 15) is 13.2 Å². The molecule has 1 aliphatic rings. The minimum atomic E-state index is -4.35. The molecule has 0 radical (unpaired) electrons. The van der Waals surface area contributed by atoms with Crippen molar-refractivity contribution >= 4 is 21.8 Å². The molecule has 0 aliphatic carbocycles. The summed E-state index contributed by atoms with van der Waals surface area (Å²) in [5.74, 6) is 0.850. The fraction of sp³-hybridized carbons (Fsp3) is 0.200. The van der Waals surface area contributed by atoms with Crippen LogP contribution in [-0.4, -0.2) is 10.9 Å². The smallest absolute Gasteiger partial charge is 0.416 e. The lowest BCUT2D eigenvalue weighted by atomic mass is 10.0. The maximum absolute atomic E-state index is 12.5. The van der Waals surface area contributed by atoms with Crippen LogP contribution in [0.15, 0.2) is 52.4 Å². The Morgan fingerprint density at radius 2 is 1.87 bits per heavy atom. The van der Waals surface area contributed by atoms with Gasteiger partial charge >= 0.3 is 6.18 Å². The zero-order valence-corrected chi connectivity index (χ0v) is 13.1. The molecule has 23 heavy (non-hydrogen) atoms. The van der Waals surface area contributed by atoms with E-state index in [0.29, 0.717) is 28.2 Å². The number of alkyl halides is 3. The first-order chi connectivity index (χ1) is 10.9. The number of aromatic nitrogens is 1. The van der Waals surface area contributed by atoms with Crippen LogP contribution in [0, 0.1) is 0 Å². The number of hydrogen-bond donors (Lipinski definition) is 0. The number of hydrogen-bond acceptors (Lipinski definition) is 4. The first kappa shape index (κ1) is 15.8. The average molecular weight is 387 g/mol. The highest BCUT2D eigenvalue weighted by Gasteiger charge is 2.31. The summed E-state index contributed by atoms with van der Waals surface area (Å²) in [5.41, 5.74) is -0.0909. The normalized spacial score (nSPS) is 17.6. The minimum Gasteiger partial charge on any atom is -0.438 e. The van der Waals surface area contributed by atoms with Gasteiger partial charge in [-0.15, -0.1) is 0 Å². The molecule has 0 saturated carbocycles. The van der Waals surface area contributed by atoms with Gasteiger partial charge in [0.25, 0.3) is 0 Å². The second-order valence-corrected chi connectivity index (χ2v) is 5.63. The maximum Gasteiger partial charge on any atom is 0.416 e. The van der Waals surface area contributed by atoms with E-state index in [-0.39, 0.29) is 0 Å². The molecule has 0 spiro atoms. The van der Waals surface area contributed by atoms with Crippen LogP contribution < -0.4 is 4.74 Å². The van der Waals surface area contributed by atoms with Crippen molar-refractivity contribution in [3.05, 3.63) is 58.3 Å². The van der Waals surface area contributed by atoms with Gasteiger partial charge in [0.1, 0.15) is 10.4 Å². The van der Waals surface area contributed by atoms with Crippen LogP contribution in [0.4, 0.5) is 13.2 Å². The van der Waals surface area contributed by atoms with Crippen LogP contribution >= 0.6 is 15.9 Å². The van der Waals surface area contributed by atoms with Gasteiger partial charge in [-0.05, 0) is 45.8 Å². The Balaban J connectivity index is 1.63. The van der Waals surface area contributed by atoms with Gasteiger partial charge < -0.3 is 9.57 Å². The SMILES string of the molecule is FC(F)(F)c1ccc([C@@H]2CC(Oc3ccc(Br)nc3)=NO2)cc1. The summed E-state index contributed by atoms with van der Waals surface area (Å²) < 4.78 is 43.8. The average Bonchev–Trinajstić information content (AvgIpc) is 2.97. The highest BCUT2D eigenvalue weighted by molar-refractivity contribution is 9.10. The number of ether oxygens (including phenoxy) is 1. The van der Waals surface area contributed by atoms with Gasteiger partial charge in [-0.2, -0.15) is 13.2 Å². The third kappa shape index (κ3) is 3.82. The van der Waals surface area contributed by atoms with E-state index in [4.69, 9.17) is 9.57 Å². The van der Waals surface area contributed by atoms with Gasteiger partial charge in [0.05, 0.1) is 18.2 Å². The summed E-state index contributed by atoms with van der Waals surface area (Å²) in [6.45, 7) is 0. The van der Waals surface area contributed by atoms with E-state index in [1.54, 1.807) is 12.1 Å². The third-order valence-electron chi connectivity index (χ3n) is 3.19. The Morgan fingerprint density at radius 3 is 2.48 bits per heavy atom. The van der Waals surface area contributed by atoms with Crippen molar-refractivity contribution in [3.63, 3.8) is 0 Å². The molecule has 0 fully saturated rings. The summed E-state index contributed by atoms with van der Waals surface area (Å²) >= 11 is 3.22. The van der Waals surface area contributed by atoms with Crippen LogP contribution in [0.2, 0.25) is 0 Å². The lowest BCUT2D eigenvalue weighted by Gasteiger charge is -2.10. The van der Waals surface area contributed by atoms with Gasteiger partial charge in [-0.3, -0.25) is 0 Å². The predicted molar refractivity (Wildman–Crippen MR) is 79.9 cm³/mol. The first-order valence-electron chi connectivity index (χ1n) is 6.61. The number of halogens is 4. The number of nitrogens with zero attached hydrogens (tertiary/aromatic N) is 2. The molecule has 3 rings (SSSR count). The fourth-order valence-corrected chi connectivity index (χ4v) is 2.27. The molecule has 2 aromatic rings. The standard InChI is InChI=1S/C15H10BrF3N2O2/c16-13-6-5-11(8-20-13)22-14-7-12(23-21-14)9-1-3-10(4-2-9)15(17,18)19/h1-6,8,12H,7H2/t12-/m0/s1. The molecule has 0 amide bonds. The molecule has 1 aromatic heterocycles.